The normalized spacial score (nSPS) is 25.0. The van der Waals surface area contributed by atoms with Crippen molar-refractivity contribution in [2.45, 2.75) is 11.2 Å². The van der Waals surface area contributed by atoms with E-state index in [9.17, 15) is 0 Å². The first-order valence-corrected chi connectivity index (χ1v) is 3.84. The number of alkyl halides is 1. The van der Waals surface area contributed by atoms with E-state index in [1.54, 1.807) is 14.2 Å². The van der Waals surface area contributed by atoms with Crippen molar-refractivity contribution in [1.82, 2.24) is 0 Å². The Labute approximate surface area is 64.7 Å². The maximum absolute atomic E-state index is 5.01. The molecule has 1 unspecified atom stereocenters. The second kappa shape index (κ2) is 6.52. The van der Waals surface area contributed by atoms with Crippen LogP contribution in [0.1, 0.15) is 6.42 Å². The molecule has 56 valence electrons. The van der Waals surface area contributed by atoms with E-state index in [0.717, 1.165) is 13.2 Å². The summed E-state index contributed by atoms with van der Waals surface area (Å²) in [6, 6.07) is 0. The second-order valence-corrected chi connectivity index (χ2v) is 3.16. The molecule has 2 nitrogen and oxygen atoms in total. The van der Waals surface area contributed by atoms with Crippen molar-refractivity contribution < 1.29 is 9.47 Å². The van der Waals surface area contributed by atoms with Crippen molar-refractivity contribution in [1.29, 1.82) is 0 Å². The molecule has 1 fully saturated rings. The van der Waals surface area contributed by atoms with Crippen LogP contribution in [0.3, 0.4) is 0 Å². The van der Waals surface area contributed by atoms with Crippen LogP contribution in [0.2, 0.25) is 0 Å². The molecule has 1 aliphatic heterocycles. The minimum Gasteiger partial charge on any atom is -0.388 e. The zero-order chi connectivity index (χ0) is 7.11. The molecule has 1 heterocycles. The Morgan fingerprint density at radius 2 is 2.11 bits per heavy atom. The predicted octanol–water partition coefficient (Wildman–Crippen LogP) is 1.43. The van der Waals surface area contributed by atoms with Crippen LogP contribution in [0, 0.1) is 0 Å². The molecule has 0 N–H and O–H groups in total. The summed E-state index contributed by atoms with van der Waals surface area (Å²) < 4.78 is 9.26. The van der Waals surface area contributed by atoms with E-state index in [0.29, 0.717) is 4.83 Å². The molecule has 1 saturated heterocycles. The van der Waals surface area contributed by atoms with Gasteiger partial charge in [0, 0.05) is 25.7 Å². The van der Waals surface area contributed by atoms with E-state index in [4.69, 9.17) is 4.74 Å². The van der Waals surface area contributed by atoms with Crippen molar-refractivity contribution in [2.75, 3.05) is 27.4 Å². The van der Waals surface area contributed by atoms with Crippen molar-refractivity contribution in [3.8, 4) is 0 Å². The first kappa shape index (κ1) is 9.40. The minimum atomic E-state index is 0.637. The summed E-state index contributed by atoms with van der Waals surface area (Å²) in [7, 11) is 3.25. The first-order valence-electron chi connectivity index (χ1n) is 2.93. The average Bonchev–Trinajstić information content (AvgIpc) is 2.20. The largest absolute Gasteiger partial charge is 0.388 e. The molecule has 0 aliphatic carbocycles. The summed E-state index contributed by atoms with van der Waals surface area (Å²) in [6.07, 6.45) is 1.18. The number of halogens is 1. The maximum Gasteiger partial charge on any atom is 0.0592 e. The summed E-state index contributed by atoms with van der Waals surface area (Å²) in [6.45, 7) is 1.84. The van der Waals surface area contributed by atoms with Crippen LogP contribution in [-0.2, 0) is 9.47 Å². The Morgan fingerprint density at radius 3 is 2.22 bits per heavy atom. The van der Waals surface area contributed by atoms with Crippen molar-refractivity contribution in [3.63, 3.8) is 0 Å². The molecule has 0 amide bonds. The van der Waals surface area contributed by atoms with Gasteiger partial charge in [-0.15, -0.1) is 0 Å². The Bertz CT molecular complexity index is 53.0. The van der Waals surface area contributed by atoms with Gasteiger partial charge in [0.25, 0.3) is 0 Å². The average molecular weight is 197 g/mol. The van der Waals surface area contributed by atoms with Crippen molar-refractivity contribution >= 4 is 15.9 Å². The second-order valence-electron chi connectivity index (χ2n) is 1.87. The van der Waals surface area contributed by atoms with Gasteiger partial charge in [0.2, 0.25) is 0 Å². The van der Waals surface area contributed by atoms with E-state index in [-0.39, 0.29) is 0 Å². The SMILES string of the molecule is BrC1CCOC1.COC. The smallest absolute Gasteiger partial charge is 0.0592 e. The van der Waals surface area contributed by atoms with E-state index in [1.807, 2.05) is 0 Å². The molecule has 9 heavy (non-hydrogen) atoms. The van der Waals surface area contributed by atoms with Crippen LogP contribution in [0.4, 0.5) is 0 Å². The van der Waals surface area contributed by atoms with Gasteiger partial charge in [-0.05, 0) is 6.42 Å². The topological polar surface area (TPSA) is 18.5 Å². The van der Waals surface area contributed by atoms with Gasteiger partial charge in [-0.1, -0.05) is 15.9 Å². The summed E-state index contributed by atoms with van der Waals surface area (Å²) in [4.78, 5) is 0.637. The highest BCUT2D eigenvalue weighted by Gasteiger charge is 2.09. The van der Waals surface area contributed by atoms with Crippen LogP contribution in [0.15, 0.2) is 0 Å². The fraction of sp³-hybridized carbons (Fsp3) is 1.00. The summed E-state index contributed by atoms with van der Waals surface area (Å²) in [5, 5.41) is 0. The van der Waals surface area contributed by atoms with E-state index < -0.39 is 0 Å². The molecule has 1 rings (SSSR count). The summed E-state index contributed by atoms with van der Waals surface area (Å²) >= 11 is 3.41. The van der Waals surface area contributed by atoms with Gasteiger partial charge in [0.05, 0.1) is 6.61 Å². The molecular formula is C6H13BrO2. The maximum atomic E-state index is 5.01. The van der Waals surface area contributed by atoms with Gasteiger partial charge in [-0.3, -0.25) is 0 Å². The Kier molecular flexibility index (Phi) is 6.81. The van der Waals surface area contributed by atoms with Crippen LogP contribution in [0.25, 0.3) is 0 Å². The van der Waals surface area contributed by atoms with Gasteiger partial charge < -0.3 is 9.47 Å². The van der Waals surface area contributed by atoms with Crippen molar-refractivity contribution in [3.05, 3.63) is 0 Å². The fourth-order valence-electron chi connectivity index (χ4n) is 0.506. The van der Waals surface area contributed by atoms with Gasteiger partial charge >= 0.3 is 0 Å². The lowest BCUT2D eigenvalue weighted by molar-refractivity contribution is 0.199. The highest BCUT2D eigenvalue weighted by molar-refractivity contribution is 9.09. The Balaban J connectivity index is 0.000000187. The van der Waals surface area contributed by atoms with E-state index in [1.165, 1.54) is 6.42 Å². The van der Waals surface area contributed by atoms with Gasteiger partial charge in [0.15, 0.2) is 0 Å². The number of hydrogen-bond donors (Lipinski definition) is 0. The molecule has 0 bridgehead atoms. The van der Waals surface area contributed by atoms with Gasteiger partial charge in [0.1, 0.15) is 0 Å². The van der Waals surface area contributed by atoms with Crippen LogP contribution in [-0.4, -0.2) is 32.3 Å². The molecule has 0 radical (unpaired) electrons. The van der Waals surface area contributed by atoms with Crippen LogP contribution in [0.5, 0.6) is 0 Å². The number of methoxy groups -OCH3 is 1. The van der Waals surface area contributed by atoms with Crippen LogP contribution < -0.4 is 0 Å². The monoisotopic (exact) mass is 196 g/mol. The molecular weight excluding hydrogens is 184 g/mol. The third kappa shape index (κ3) is 6.28. The quantitative estimate of drug-likeness (QED) is 0.547. The fourth-order valence-corrected chi connectivity index (χ4v) is 0.880. The molecule has 1 atom stereocenters. The molecule has 0 aromatic rings. The zero-order valence-corrected chi connectivity index (χ0v) is 7.48. The number of ether oxygens (including phenoxy) is 2. The molecule has 1 aliphatic rings. The molecule has 0 saturated carbocycles. The third-order valence-corrected chi connectivity index (χ3v) is 1.60. The lowest BCUT2D eigenvalue weighted by atomic mass is 10.4. The zero-order valence-electron chi connectivity index (χ0n) is 5.89. The number of rotatable bonds is 0. The van der Waals surface area contributed by atoms with Gasteiger partial charge in [-0.2, -0.15) is 0 Å². The predicted molar refractivity (Wildman–Crippen MR) is 41.1 cm³/mol. The summed E-state index contributed by atoms with van der Waals surface area (Å²) in [5.74, 6) is 0. The lowest BCUT2D eigenvalue weighted by Crippen LogP contribution is -1.91. The Hall–Kier alpha value is 0.400. The molecule has 0 aromatic heterocycles. The first-order chi connectivity index (χ1) is 4.31. The van der Waals surface area contributed by atoms with Gasteiger partial charge in [-0.25, -0.2) is 0 Å². The molecule has 0 spiro atoms. The number of hydrogen-bond acceptors (Lipinski definition) is 2. The molecule has 0 aromatic carbocycles. The molecule has 3 heteroatoms. The lowest BCUT2D eigenvalue weighted by Gasteiger charge is -1.86. The van der Waals surface area contributed by atoms with E-state index in [2.05, 4.69) is 20.7 Å². The Morgan fingerprint density at radius 1 is 1.56 bits per heavy atom. The summed E-state index contributed by atoms with van der Waals surface area (Å²) in [5.41, 5.74) is 0. The highest BCUT2D eigenvalue weighted by Crippen LogP contribution is 2.11. The highest BCUT2D eigenvalue weighted by atomic mass is 79.9. The van der Waals surface area contributed by atoms with Crippen LogP contribution >= 0.6 is 15.9 Å². The minimum absolute atomic E-state index is 0.637. The van der Waals surface area contributed by atoms with Crippen molar-refractivity contribution in [2.24, 2.45) is 0 Å². The third-order valence-electron chi connectivity index (χ3n) is 0.874. The van der Waals surface area contributed by atoms with E-state index >= 15 is 0 Å². The standard InChI is InChI=1S/C4H7BrO.C2H6O/c5-4-1-2-6-3-4;1-3-2/h4H,1-3H2;1-2H3.